The first-order valence-electron chi connectivity index (χ1n) is 10.1. The van der Waals surface area contributed by atoms with Gasteiger partial charge >= 0.3 is 0 Å². The number of benzene rings is 2. The molecule has 1 aromatic heterocycles. The Hall–Kier alpha value is -3.44. The molecule has 0 fully saturated rings. The maximum absolute atomic E-state index is 13.3. The Morgan fingerprint density at radius 3 is 2.26 bits per heavy atom. The smallest absolute Gasteiger partial charge is 0.278 e. The van der Waals surface area contributed by atoms with Crippen LogP contribution in [0.1, 0.15) is 36.6 Å². The van der Waals surface area contributed by atoms with E-state index in [0.717, 1.165) is 5.69 Å². The van der Waals surface area contributed by atoms with Crippen molar-refractivity contribution in [3.8, 4) is 0 Å². The van der Waals surface area contributed by atoms with E-state index in [4.69, 9.17) is 11.6 Å². The van der Waals surface area contributed by atoms with Crippen LogP contribution in [0.3, 0.4) is 0 Å². The molecule has 2 aromatic carbocycles. The van der Waals surface area contributed by atoms with Gasteiger partial charge in [-0.05, 0) is 53.4 Å². The number of anilines is 1. The average Bonchev–Trinajstić information content (AvgIpc) is 3.00. The Bertz CT molecular complexity index is 1140. The molecule has 0 atom stereocenters. The minimum atomic E-state index is -0.381. The van der Waals surface area contributed by atoms with Crippen molar-refractivity contribution in [3.63, 3.8) is 0 Å². The Morgan fingerprint density at radius 2 is 1.65 bits per heavy atom. The number of carbonyl (C=O) groups excluding carboxylic acids is 2. The molecule has 6 heteroatoms. The van der Waals surface area contributed by atoms with Crippen LogP contribution in [-0.4, -0.2) is 21.7 Å². The zero-order valence-electron chi connectivity index (χ0n) is 17.3. The molecule has 2 amide bonds. The summed E-state index contributed by atoms with van der Waals surface area (Å²) in [6.45, 7) is 4.35. The molecule has 0 bridgehead atoms. The van der Waals surface area contributed by atoms with Gasteiger partial charge in [0.25, 0.3) is 11.8 Å². The highest BCUT2D eigenvalue weighted by Gasteiger charge is 2.39. The third-order valence-corrected chi connectivity index (χ3v) is 5.45. The normalized spacial score (nSPS) is 14.0. The summed E-state index contributed by atoms with van der Waals surface area (Å²) in [6.07, 6.45) is 1.64. The second-order valence-electron chi connectivity index (χ2n) is 7.68. The van der Waals surface area contributed by atoms with E-state index in [-0.39, 0.29) is 24.1 Å². The number of carbonyl (C=O) groups is 2. The van der Waals surface area contributed by atoms with Crippen LogP contribution in [0.5, 0.6) is 0 Å². The number of aromatic nitrogens is 1. The SMILES string of the molecule is CC(C)c1ccc(NC2=C(c3ccc(Cl)cc3)C(=O)N(Cc3ccccn3)C2=O)cc1. The molecule has 0 spiro atoms. The summed E-state index contributed by atoms with van der Waals surface area (Å²) < 4.78 is 0. The van der Waals surface area contributed by atoms with Gasteiger partial charge in [-0.1, -0.05) is 55.8 Å². The molecule has 1 aliphatic rings. The summed E-state index contributed by atoms with van der Waals surface area (Å²) in [5, 5.41) is 3.74. The number of imide groups is 1. The second kappa shape index (κ2) is 8.74. The van der Waals surface area contributed by atoms with Crippen molar-refractivity contribution >= 4 is 34.7 Å². The molecule has 4 rings (SSSR count). The monoisotopic (exact) mass is 431 g/mol. The topological polar surface area (TPSA) is 62.3 Å². The van der Waals surface area contributed by atoms with Crippen molar-refractivity contribution in [2.24, 2.45) is 0 Å². The molecule has 0 saturated heterocycles. The van der Waals surface area contributed by atoms with Crippen molar-refractivity contribution in [1.29, 1.82) is 0 Å². The van der Waals surface area contributed by atoms with Crippen molar-refractivity contribution < 1.29 is 9.59 Å². The lowest BCUT2D eigenvalue weighted by Gasteiger charge is -2.15. The van der Waals surface area contributed by atoms with Crippen LogP contribution in [0.15, 0.2) is 78.6 Å². The van der Waals surface area contributed by atoms with Crippen molar-refractivity contribution in [1.82, 2.24) is 9.88 Å². The fourth-order valence-corrected chi connectivity index (χ4v) is 3.60. The molecular formula is C25H22ClN3O2. The number of pyridine rings is 1. The molecule has 5 nitrogen and oxygen atoms in total. The Balaban J connectivity index is 1.71. The fraction of sp³-hybridized carbons (Fsp3) is 0.160. The van der Waals surface area contributed by atoms with E-state index < -0.39 is 0 Å². The van der Waals surface area contributed by atoms with E-state index in [1.165, 1.54) is 10.5 Å². The first-order valence-corrected chi connectivity index (χ1v) is 10.4. The highest BCUT2D eigenvalue weighted by Crippen LogP contribution is 2.32. The lowest BCUT2D eigenvalue weighted by Crippen LogP contribution is -2.32. The largest absolute Gasteiger partial charge is 0.350 e. The van der Waals surface area contributed by atoms with Gasteiger partial charge in [0.05, 0.1) is 17.8 Å². The van der Waals surface area contributed by atoms with E-state index in [1.54, 1.807) is 42.6 Å². The van der Waals surface area contributed by atoms with Gasteiger partial charge < -0.3 is 5.32 Å². The number of nitrogens with one attached hydrogen (secondary N) is 1. The van der Waals surface area contributed by atoms with Crippen molar-refractivity contribution in [3.05, 3.63) is 100 Å². The molecule has 3 aromatic rings. The molecule has 0 unspecified atom stereocenters. The summed E-state index contributed by atoms with van der Waals surface area (Å²) in [6, 6.07) is 20.2. The summed E-state index contributed by atoms with van der Waals surface area (Å²) in [4.78, 5) is 32.1. The number of hydrogen-bond donors (Lipinski definition) is 1. The molecule has 1 aliphatic heterocycles. The molecule has 0 aliphatic carbocycles. The summed E-state index contributed by atoms with van der Waals surface area (Å²) in [7, 11) is 0. The van der Waals surface area contributed by atoms with Gasteiger partial charge in [0.15, 0.2) is 0 Å². The Kier molecular flexibility index (Phi) is 5.87. The fourth-order valence-electron chi connectivity index (χ4n) is 3.47. The van der Waals surface area contributed by atoms with Crippen molar-refractivity contribution in [2.75, 3.05) is 5.32 Å². The summed E-state index contributed by atoms with van der Waals surface area (Å²) in [5.74, 6) is -0.339. The van der Waals surface area contributed by atoms with Crippen LogP contribution in [0.25, 0.3) is 5.57 Å². The van der Waals surface area contributed by atoms with Gasteiger partial charge in [-0.25, -0.2) is 0 Å². The first-order chi connectivity index (χ1) is 14.9. The lowest BCUT2D eigenvalue weighted by atomic mass is 10.0. The number of hydrogen-bond acceptors (Lipinski definition) is 4. The van der Waals surface area contributed by atoms with Gasteiger partial charge in [0, 0.05) is 16.9 Å². The molecule has 0 saturated carbocycles. The third kappa shape index (κ3) is 4.37. The quantitative estimate of drug-likeness (QED) is 0.541. The van der Waals surface area contributed by atoms with E-state index in [0.29, 0.717) is 27.8 Å². The predicted molar refractivity (Wildman–Crippen MR) is 122 cm³/mol. The highest BCUT2D eigenvalue weighted by atomic mass is 35.5. The predicted octanol–water partition coefficient (Wildman–Crippen LogP) is 5.25. The number of nitrogens with zero attached hydrogens (tertiary/aromatic N) is 2. The zero-order chi connectivity index (χ0) is 22.0. The third-order valence-electron chi connectivity index (χ3n) is 5.19. The lowest BCUT2D eigenvalue weighted by molar-refractivity contribution is -0.137. The number of halogens is 1. The summed E-state index contributed by atoms with van der Waals surface area (Å²) >= 11 is 6.02. The Labute approximate surface area is 186 Å². The van der Waals surface area contributed by atoms with Gasteiger partial charge in [-0.3, -0.25) is 19.5 Å². The maximum Gasteiger partial charge on any atom is 0.278 e. The van der Waals surface area contributed by atoms with Crippen LogP contribution in [0.4, 0.5) is 5.69 Å². The van der Waals surface area contributed by atoms with E-state index >= 15 is 0 Å². The number of rotatable bonds is 6. The number of amides is 2. The minimum Gasteiger partial charge on any atom is -0.350 e. The standard InChI is InChI=1S/C25H22ClN3O2/c1-16(2)17-8-12-20(13-9-17)28-23-22(18-6-10-19(26)11-7-18)24(30)29(25(23)31)15-21-5-3-4-14-27-21/h3-14,16,28H,15H2,1-2H3. The molecule has 1 N–H and O–H groups in total. The van der Waals surface area contributed by atoms with E-state index in [1.807, 2.05) is 30.3 Å². The van der Waals surface area contributed by atoms with Crippen LogP contribution in [0, 0.1) is 0 Å². The molecule has 0 radical (unpaired) electrons. The van der Waals surface area contributed by atoms with E-state index in [2.05, 4.69) is 24.1 Å². The van der Waals surface area contributed by atoms with Gasteiger partial charge in [0.1, 0.15) is 5.70 Å². The first kappa shape index (κ1) is 20.8. The van der Waals surface area contributed by atoms with Crippen LogP contribution in [-0.2, 0) is 16.1 Å². The van der Waals surface area contributed by atoms with E-state index in [9.17, 15) is 9.59 Å². The maximum atomic E-state index is 13.3. The van der Waals surface area contributed by atoms with Crippen LogP contribution in [0.2, 0.25) is 5.02 Å². The Morgan fingerprint density at radius 1 is 0.935 bits per heavy atom. The van der Waals surface area contributed by atoms with Gasteiger partial charge in [0.2, 0.25) is 0 Å². The molecular weight excluding hydrogens is 410 g/mol. The molecule has 2 heterocycles. The minimum absolute atomic E-state index is 0.104. The average molecular weight is 432 g/mol. The molecule has 31 heavy (non-hydrogen) atoms. The van der Waals surface area contributed by atoms with Crippen LogP contribution >= 0.6 is 11.6 Å². The van der Waals surface area contributed by atoms with Gasteiger partial charge in [-0.15, -0.1) is 0 Å². The molecule has 156 valence electrons. The van der Waals surface area contributed by atoms with Crippen molar-refractivity contribution in [2.45, 2.75) is 26.3 Å². The van der Waals surface area contributed by atoms with Crippen LogP contribution < -0.4 is 5.32 Å². The second-order valence-corrected chi connectivity index (χ2v) is 8.11. The van der Waals surface area contributed by atoms with Gasteiger partial charge in [-0.2, -0.15) is 0 Å². The summed E-state index contributed by atoms with van der Waals surface area (Å²) in [5.41, 5.74) is 3.79. The highest BCUT2D eigenvalue weighted by molar-refractivity contribution is 6.36. The zero-order valence-corrected chi connectivity index (χ0v) is 18.1.